The monoisotopic (exact) mass is 231 g/mol. The standard InChI is InChI=1S/C13H17N3O/c1-3-4-8-15-13(17)16-12-7-5-6-10(2)11(12)9-14/h5-7H,3-4,8H2,1-2H3,(H2,15,16,17). The van der Waals surface area contributed by atoms with Gasteiger partial charge in [-0.3, -0.25) is 0 Å². The maximum absolute atomic E-state index is 11.5. The summed E-state index contributed by atoms with van der Waals surface area (Å²) in [4.78, 5) is 11.5. The molecule has 0 heterocycles. The van der Waals surface area contributed by atoms with Crippen LogP contribution in [0.2, 0.25) is 0 Å². The largest absolute Gasteiger partial charge is 0.338 e. The van der Waals surface area contributed by atoms with E-state index in [1.165, 1.54) is 0 Å². The number of aryl methyl sites for hydroxylation is 1. The van der Waals surface area contributed by atoms with Crippen molar-refractivity contribution in [3.63, 3.8) is 0 Å². The highest BCUT2D eigenvalue weighted by atomic mass is 16.2. The lowest BCUT2D eigenvalue weighted by Gasteiger charge is -2.09. The highest BCUT2D eigenvalue weighted by molar-refractivity contribution is 5.90. The Bertz CT molecular complexity index is 435. The lowest BCUT2D eigenvalue weighted by atomic mass is 10.1. The van der Waals surface area contributed by atoms with E-state index in [4.69, 9.17) is 5.26 Å². The third-order valence-corrected chi connectivity index (χ3v) is 2.45. The van der Waals surface area contributed by atoms with Crippen molar-refractivity contribution in [2.24, 2.45) is 0 Å². The van der Waals surface area contributed by atoms with Crippen molar-refractivity contribution in [3.05, 3.63) is 29.3 Å². The van der Waals surface area contributed by atoms with Gasteiger partial charge in [-0.15, -0.1) is 0 Å². The first-order chi connectivity index (χ1) is 8.19. The number of hydrogen-bond donors (Lipinski definition) is 2. The Morgan fingerprint density at radius 3 is 2.88 bits per heavy atom. The van der Waals surface area contributed by atoms with E-state index < -0.39 is 0 Å². The lowest BCUT2D eigenvalue weighted by molar-refractivity contribution is 0.252. The molecule has 90 valence electrons. The van der Waals surface area contributed by atoms with Crippen LogP contribution in [0.4, 0.5) is 10.5 Å². The second-order valence-corrected chi connectivity index (χ2v) is 3.84. The molecule has 2 amide bonds. The van der Waals surface area contributed by atoms with Crippen LogP contribution < -0.4 is 10.6 Å². The van der Waals surface area contributed by atoms with E-state index in [2.05, 4.69) is 23.6 Å². The van der Waals surface area contributed by atoms with Crippen LogP contribution in [-0.4, -0.2) is 12.6 Å². The third kappa shape index (κ3) is 3.80. The van der Waals surface area contributed by atoms with Crippen LogP contribution in [0.15, 0.2) is 18.2 Å². The molecule has 0 saturated carbocycles. The molecule has 1 aromatic rings. The fourth-order valence-electron chi connectivity index (χ4n) is 1.47. The maximum atomic E-state index is 11.5. The number of carbonyl (C=O) groups is 1. The molecular weight excluding hydrogens is 214 g/mol. The van der Waals surface area contributed by atoms with Crippen molar-refractivity contribution in [3.8, 4) is 6.07 Å². The van der Waals surface area contributed by atoms with Gasteiger partial charge in [0.15, 0.2) is 0 Å². The first kappa shape index (κ1) is 13.0. The Kier molecular flexibility index (Phi) is 5.02. The van der Waals surface area contributed by atoms with Gasteiger partial charge in [-0.25, -0.2) is 4.79 Å². The number of hydrogen-bond acceptors (Lipinski definition) is 2. The minimum Gasteiger partial charge on any atom is -0.338 e. The molecule has 0 unspecified atom stereocenters. The summed E-state index contributed by atoms with van der Waals surface area (Å²) < 4.78 is 0. The number of amides is 2. The molecule has 0 spiro atoms. The average Bonchev–Trinajstić information content (AvgIpc) is 2.29. The number of rotatable bonds is 4. The Morgan fingerprint density at radius 1 is 1.47 bits per heavy atom. The van der Waals surface area contributed by atoms with Crippen molar-refractivity contribution >= 4 is 11.7 Å². The van der Waals surface area contributed by atoms with Crippen LogP contribution in [0.25, 0.3) is 0 Å². The summed E-state index contributed by atoms with van der Waals surface area (Å²) in [5.74, 6) is 0. The summed E-state index contributed by atoms with van der Waals surface area (Å²) in [6, 6.07) is 7.22. The van der Waals surface area contributed by atoms with E-state index in [0.29, 0.717) is 17.8 Å². The average molecular weight is 231 g/mol. The molecule has 0 aliphatic heterocycles. The van der Waals surface area contributed by atoms with E-state index in [0.717, 1.165) is 18.4 Å². The van der Waals surface area contributed by atoms with Gasteiger partial charge in [-0.2, -0.15) is 5.26 Å². The zero-order chi connectivity index (χ0) is 12.7. The Hall–Kier alpha value is -2.02. The molecular formula is C13H17N3O. The molecule has 0 fully saturated rings. The number of anilines is 1. The fourth-order valence-corrected chi connectivity index (χ4v) is 1.47. The predicted molar refractivity (Wildman–Crippen MR) is 67.8 cm³/mol. The highest BCUT2D eigenvalue weighted by Gasteiger charge is 2.07. The van der Waals surface area contributed by atoms with Gasteiger partial charge in [0.1, 0.15) is 6.07 Å². The number of benzene rings is 1. The Labute approximate surface area is 102 Å². The van der Waals surface area contributed by atoms with E-state index in [1.54, 1.807) is 6.07 Å². The highest BCUT2D eigenvalue weighted by Crippen LogP contribution is 2.17. The van der Waals surface area contributed by atoms with Crippen molar-refractivity contribution < 1.29 is 4.79 Å². The van der Waals surface area contributed by atoms with Crippen molar-refractivity contribution in [1.29, 1.82) is 5.26 Å². The van der Waals surface area contributed by atoms with E-state index in [1.807, 2.05) is 19.1 Å². The Balaban J connectivity index is 2.66. The molecule has 4 nitrogen and oxygen atoms in total. The normalized spacial score (nSPS) is 9.47. The number of nitriles is 1. The first-order valence-electron chi connectivity index (χ1n) is 5.73. The number of carbonyl (C=O) groups excluding carboxylic acids is 1. The lowest BCUT2D eigenvalue weighted by Crippen LogP contribution is -2.29. The maximum Gasteiger partial charge on any atom is 0.319 e. The van der Waals surface area contributed by atoms with Gasteiger partial charge in [0.05, 0.1) is 11.3 Å². The quantitative estimate of drug-likeness (QED) is 0.782. The summed E-state index contributed by atoms with van der Waals surface area (Å²) in [6.45, 7) is 4.56. The molecule has 2 N–H and O–H groups in total. The predicted octanol–water partition coefficient (Wildman–Crippen LogP) is 2.79. The fraction of sp³-hybridized carbons (Fsp3) is 0.385. The zero-order valence-electron chi connectivity index (χ0n) is 10.2. The van der Waals surface area contributed by atoms with Crippen LogP contribution in [0, 0.1) is 18.3 Å². The number of urea groups is 1. The molecule has 17 heavy (non-hydrogen) atoms. The van der Waals surface area contributed by atoms with Crippen molar-refractivity contribution in [2.75, 3.05) is 11.9 Å². The van der Waals surface area contributed by atoms with Crippen LogP contribution in [0.5, 0.6) is 0 Å². The Morgan fingerprint density at radius 2 is 2.24 bits per heavy atom. The molecule has 0 aliphatic carbocycles. The van der Waals surface area contributed by atoms with Gasteiger partial charge in [-0.05, 0) is 25.0 Å². The molecule has 1 aromatic carbocycles. The van der Waals surface area contributed by atoms with Crippen LogP contribution >= 0.6 is 0 Å². The summed E-state index contributed by atoms with van der Waals surface area (Å²) in [5.41, 5.74) is 1.93. The number of unbranched alkanes of at least 4 members (excludes halogenated alkanes) is 1. The molecule has 0 aliphatic rings. The second kappa shape index (κ2) is 6.54. The van der Waals surface area contributed by atoms with E-state index in [-0.39, 0.29) is 6.03 Å². The van der Waals surface area contributed by atoms with Crippen LogP contribution in [0.3, 0.4) is 0 Å². The summed E-state index contributed by atoms with van der Waals surface area (Å²) in [5, 5.41) is 14.4. The van der Waals surface area contributed by atoms with Gasteiger partial charge in [0.25, 0.3) is 0 Å². The van der Waals surface area contributed by atoms with E-state index in [9.17, 15) is 4.79 Å². The van der Waals surface area contributed by atoms with E-state index >= 15 is 0 Å². The van der Waals surface area contributed by atoms with Gasteiger partial charge in [0.2, 0.25) is 0 Å². The summed E-state index contributed by atoms with van der Waals surface area (Å²) in [6.07, 6.45) is 1.99. The second-order valence-electron chi connectivity index (χ2n) is 3.84. The molecule has 4 heteroatoms. The zero-order valence-corrected chi connectivity index (χ0v) is 10.2. The molecule has 0 aromatic heterocycles. The third-order valence-electron chi connectivity index (χ3n) is 2.45. The van der Waals surface area contributed by atoms with Gasteiger partial charge < -0.3 is 10.6 Å². The SMILES string of the molecule is CCCCNC(=O)Nc1cccc(C)c1C#N. The van der Waals surface area contributed by atoms with Gasteiger partial charge in [-0.1, -0.05) is 25.5 Å². The summed E-state index contributed by atoms with van der Waals surface area (Å²) in [7, 11) is 0. The van der Waals surface area contributed by atoms with Crippen molar-refractivity contribution in [1.82, 2.24) is 5.32 Å². The minimum atomic E-state index is -0.263. The van der Waals surface area contributed by atoms with Gasteiger partial charge >= 0.3 is 6.03 Å². The molecule has 0 radical (unpaired) electrons. The minimum absolute atomic E-state index is 0.263. The molecule has 0 saturated heterocycles. The molecule has 0 bridgehead atoms. The van der Waals surface area contributed by atoms with Crippen molar-refractivity contribution in [2.45, 2.75) is 26.7 Å². The smallest absolute Gasteiger partial charge is 0.319 e. The number of nitrogens with one attached hydrogen (secondary N) is 2. The molecule has 0 atom stereocenters. The van der Waals surface area contributed by atoms with Gasteiger partial charge in [0, 0.05) is 6.54 Å². The van der Waals surface area contributed by atoms with Crippen LogP contribution in [-0.2, 0) is 0 Å². The molecule has 1 rings (SSSR count). The number of nitrogens with zero attached hydrogens (tertiary/aromatic N) is 1. The topological polar surface area (TPSA) is 64.9 Å². The summed E-state index contributed by atoms with van der Waals surface area (Å²) >= 11 is 0. The first-order valence-corrected chi connectivity index (χ1v) is 5.73. The van der Waals surface area contributed by atoms with Crippen LogP contribution in [0.1, 0.15) is 30.9 Å².